The van der Waals surface area contributed by atoms with Gasteiger partial charge in [0.1, 0.15) is 12.7 Å². The molecule has 0 saturated heterocycles. The van der Waals surface area contributed by atoms with Crippen LogP contribution in [0.3, 0.4) is 0 Å². The highest BCUT2D eigenvalue weighted by atomic mass is 31.2. The molecule has 0 aliphatic carbocycles. The van der Waals surface area contributed by atoms with Crippen molar-refractivity contribution in [1.82, 2.24) is 0 Å². The van der Waals surface area contributed by atoms with Crippen LogP contribution in [-0.2, 0) is 23.1 Å². The maximum atomic E-state index is 11.8. The highest BCUT2D eigenvalue weighted by Gasteiger charge is 2.18. The predicted molar refractivity (Wildman–Crippen MR) is 114 cm³/mol. The molecule has 0 rings (SSSR count). The number of quaternary nitrogens is 1. The van der Waals surface area contributed by atoms with Crippen LogP contribution in [0.4, 0.5) is 0 Å². The minimum absolute atomic E-state index is 0.0836. The van der Waals surface area contributed by atoms with E-state index in [9.17, 15) is 19.4 Å². The average Bonchev–Trinajstić information content (AvgIpc) is 2.73. The summed E-state index contributed by atoms with van der Waals surface area (Å²) in [6.45, 7) is 1.43. The molecule has 0 fully saturated rings. The van der Waals surface area contributed by atoms with E-state index in [2.05, 4.69) is 33.9 Å². The Hall–Kier alpha value is -0.760. The summed E-state index contributed by atoms with van der Waals surface area (Å²) in [4.78, 5) is 23.3. The average molecular weight is 452 g/mol. The van der Waals surface area contributed by atoms with E-state index in [1.807, 2.05) is 0 Å². The first-order chi connectivity index (χ1) is 14.4. The van der Waals surface area contributed by atoms with E-state index in [0.717, 1.165) is 32.1 Å². The summed E-state index contributed by atoms with van der Waals surface area (Å²) >= 11 is 0. The van der Waals surface area contributed by atoms with Crippen LogP contribution in [-0.4, -0.2) is 43.5 Å². The first kappa shape index (κ1) is 29.2. The zero-order valence-electron chi connectivity index (χ0n) is 18.6. The van der Waals surface area contributed by atoms with Crippen molar-refractivity contribution in [1.29, 1.82) is 0 Å². The van der Waals surface area contributed by atoms with Crippen LogP contribution < -0.4 is 10.6 Å². The molecule has 0 aliphatic rings. The number of carbonyl (C=O) groups is 1. The molecule has 0 radical (unpaired) electrons. The van der Waals surface area contributed by atoms with Gasteiger partial charge in [0.25, 0.3) is 7.82 Å². The topological polar surface area (TPSA) is 133 Å². The Morgan fingerprint density at radius 3 is 2.23 bits per heavy atom. The van der Waals surface area contributed by atoms with Crippen LogP contribution >= 0.6 is 7.82 Å². The van der Waals surface area contributed by atoms with E-state index >= 15 is 0 Å². The van der Waals surface area contributed by atoms with E-state index in [0.29, 0.717) is 6.42 Å². The fraction of sp³-hybridized carbons (Fsp3) is 0.857. The lowest BCUT2D eigenvalue weighted by molar-refractivity contribution is -0.373. The fourth-order valence-corrected chi connectivity index (χ4v) is 3.52. The molecule has 0 spiro atoms. The second-order valence-corrected chi connectivity index (χ2v) is 8.76. The molecule has 8 nitrogen and oxygen atoms in total. The maximum absolute atomic E-state index is 11.8. The van der Waals surface area contributed by atoms with Gasteiger partial charge in [0.15, 0.2) is 0 Å². The molecule has 0 amide bonds. The Bertz CT molecular complexity index is 488. The lowest BCUT2D eigenvalue weighted by Crippen LogP contribution is -2.52. The lowest BCUT2D eigenvalue weighted by Gasteiger charge is -2.24. The van der Waals surface area contributed by atoms with E-state index in [1.54, 1.807) is 0 Å². The molecule has 2 atom stereocenters. The van der Waals surface area contributed by atoms with Crippen molar-refractivity contribution >= 4 is 13.8 Å². The minimum Gasteiger partial charge on any atom is -0.756 e. The molecule has 30 heavy (non-hydrogen) atoms. The number of ether oxygens (including phenoxy) is 1. The summed E-state index contributed by atoms with van der Waals surface area (Å²) in [6.07, 6.45) is 16.2. The molecule has 178 valence electrons. The summed E-state index contributed by atoms with van der Waals surface area (Å²) in [6, 6.07) is 0. The van der Waals surface area contributed by atoms with E-state index < -0.39 is 33.1 Å². The molecular formula is C21H42NO7P. The van der Waals surface area contributed by atoms with Gasteiger partial charge < -0.3 is 29.5 Å². The summed E-state index contributed by atoms with van der Waals surface area (Å²) in [5.74, 6) is -0.469. The number of phosphoric acid groups is 1. The van der Waals surface area contributed by atoms with E-state index in [1.165, 1.54) is 32.1 Å². The number of aliphatic hydroxyl groups is 1. The Kier molecular flexibility index (Phi) is 19.6. The van der Waals surface area contributed by atoms with Crippen molar-refractivity contribution in [3.05, 3.63) is 12.2 Å². The van der Waals surface area contributed by atoms with Gasteiger partial charge in [-0.05, 0) is 32.1 Å². The molecule has 0 bridgehead atoms. The Labute approximate surface area is 181 Å². The van der Waals surface area contributed by atoms with Gasteiger partial charge >= 0.3 is 5.97 Å². The molecule has 0 heterocycles. The number of unbranched alkanes of at least 4 members (excludes halogenated alkanes) is 9. The van der Waals surface area contributed by atoms with Crippen LogP contribution in [0.25, 0.3) is 0 Å². The van der Waals surface area contributed by atoms with Crippen molar-refractivity contribution in [2.75, 3.05) is 26.4 Å². The number of aliphatic hydroxyl groups excluding tert-OH is 1. The van der Waals surface area contributed by atoms with Gasteiger partial charge in [-0.15, -0.1) is 0 Å². The molecule has 9 heteroatoms. The van der Waals surface area contributed by atoms with Crippen LogP contribution in [0, 0.1) is 0 Å². The predicted octanol–water partition coefficient (Wildman–Crippen LogP) is 2.89. The smallest absolute Gasteiger partial charge is 0.306 e. The Morgan fingerprint density at radius 2 is 1.63 bits per heavy atom. The Balaban J connectivity index is 3.69. The molecule has 4 N–H and O–H groups in total. The molecular weight excluding hydrogens is 409 g/mol. The van der Waals surface area contributed by atoms with Crippen molar-refractivity contribution in [3.8, 4) is 0 Å². The summed E-state index contributed by atoms with van der Waals surface area (Å²) < 4.78 is 25.6. The third kappa shape index (κ3) is 19.2. The number of hydrogen-bond donors (Lipinski definition) is 2. The van der Waals surface area contributed by atoms with Crippen LogP contribution in [0.5, 0.6) is 0 Å². The van der Waals surface area contributed by atoms with Crippen LogP contribution in [0.2, 0.25) is 0 Å². The summed E-state index contributed by atoms with van der Waals surface area (Å²) in [7, 11) is -4.47. The van der Waals surface area contributed by atoms with Crippen molar-refractivity contribution in [2.45, 2.75) is 90.1 Å². The van der Waals surface area contributed by atoms with Gasteiger partial charge in [0.2, 0.25) is 0 Å². The molecule has 0 saturated carbocycles. The standard InChI is InChI=1S/C21H42NO7P/c1-2-3-4-5-6-7-8-9-10-11-12-13-14-15-21(24)29-20(18-23)19-28-30(25,26)27-17-16-22/h7-8,20,23H,2-6,9-19,22H2,1H3,(H,25,26)/b8-7+/t20-/m1/s1. The lowest BCUT2D eigenvalue weighted by atomic mass is 10.1. The van der Waals surface area contributed by atoms with Gasteiger partial charge in [-0.3, -0.25) is 9.36 Å². The van der Waals surface area contributed by atoms with Gasteiger partial charge in [-0.2, -0.15) is 0 Å². The van der Waals surface area contributed by atoms with Crippen LogP contribution in [0.1, 0.15) is 84.0 Å². The van der Waals surface area contributed by atoms with Crippen molar-refractivity contribution in [2.24, 2.45) is 0 Å². The number of hydrogen-bond acceptors (Lipinski definition) is 7. The highest BCUT2D eigenvalue weighted by molar-refractivity contribution is 7.45. The van der Waals surface area contributed by atoms with Gasteiger partial charge in [-0.1, -0.05) is 57.6 Å². The van der Waals surface area contributed by atoms with Gasteiger partial charge in [0, 0.05) is 6.42 Å². The molecule has 0 aliphatic heterocycles. The largest absolute Gasteiger partial charge is 0.756 e. The number of rotatable bonds is 21. The second-order valence-electron chi connectivity index (χ2n) is 7.35. The molecule has 1 unspecified atom stereocenters. The second kappa shape index (κ2) is 20.2. The van der Waals surface area contributed by atoms with Gasteiger partial charge in [0.05, 0.1) is 19.8 Å². The third-order valence-electron chi connectivity index (χ3n) is 4.46. The van der Waals surface area contributed by atoms with Gasteiger partial charge in [-0.25, -0.2) is 0 Å². The number of allylic oxidation sites excluding steroid dienone is 2. The maximum Gasteiger partial charge on any atom is 0.306 e. The zero-order chi connectivity index (χ0) is 22.5. The Morgan fingerprint density at radius 1 is 1.03 bits per heavy atom. The minimum atomic E-state index is -4.47. The van der Waals surface area contributed by atoms with Crippen molar-refractivity contribution in [3.63, 3.8) is 0 Å². The SMILES string of the molecule is CCCCCC/C=C/CCCCCCCC(=O)O[C@H](CO)COP(=O)([O-])OCC[NH3+]. The number of phosphoric ester groups is 1. The summed E-state index contributed by atoms with van der Waals surface area (Å²) in [5.41, 5.74) is 3.46. The highest BCUT2D eigenvalue weighted by Crippen LogP contribution is 2.37. The normalized spacial score (nSPS) is 14.7. The molecule has 0 aromatic rings. The van der Waals surface area contributed by atoms with E-state index in [-0.39, 0.29) is 19.6 Å². The quantitative estimate of drug-likeness (QED) is 0.119. The summed E-state index contributed by atoms with van der Waals surface area (Å²) in [5, 5.41) is 9.23. The first-order valence-corrected chi connectivity index (χ1v) is 12.8. The molecule has 0 aromatic carbocycles. The molecule has 0 aromatic heterocycles. The fourth-order valence-electron chi connectivity index (χ4n) is 2.74. The third-order valence-corrected chi connectivity index (χ3v) is 5.42. The van der Waals surface area contributed by atoms with Crippen molar-refractivity contribution < 1.29 is 38.9 Å². The monoisotopic (exact) mass is 451 g/mol. The first-order valence-electron chi connectivity index (χ1n) is 11.3. The van der Waals surface area contributed by atoms with E-state index in [4.69, 9.17) is 4.74 Å². The number of carbonyl (C=O) groups excluding carboxylic acids is 1. The van der Waals surface area contributed by atoms with Crippen LogP contribution in [0.15, 0.2) is 12.2 Å². The zero-order valence-corrected chi connectivity index (χ0v) is 19.5. The number of esters is 1.